The van der Waals surface area contributed by atoms with Crippen molar-refractivity contribution in [3.05, 3.63) is 12.3 Å². The molecule has 1 aliphatic carbocycles. The molecule has 1 saturated carbocycles. The van der Waals surface area contributed by atoms with Crippen LogP contribution >= 0.6 is 11.8 Å². The molecule has 5 heteroatoms. The van der Waals surface area contributed by atoms with Crippen LogP contribution in [0.3, 0.4) is 0 Å². The molecule has 1 aliphatic rings. The third-order valence-electron chi connectivity index (χ3n) is 3.19. The van der Waals surface area contributed by atoms with Crippen LogP contribution in [0.2, 0.25) is 0 Å². The van der Waals surface area contributed by atoms with E-state index in [1.54, 1.807) is 12.3 Å². The van der Waals surface area contributed by atoms with Gasteiger partial charge in [-0.1, -0.05) is 6.42 Å². The number of hydrogen-bond donors (Lipinski definition) is 1. The van der Waals surface area contributed by atoms with Crippen molar-refractivity contribution in [2.24, 2.45) is 0 Å². The van der Waals surface area contributed by atoms with E-state index in [1.807, 2.05) is 18.7 Å². The van der Waals surface area contributed by atoms with Crippen molar-refractivity contribution in [1.82, 2.24) is 9.97 Å². The third-order valence-corrected chi connectivity index (χ3v) is 4.61. The summed E-state index contributed by atoms with van der Waals surface area (Å²) in [6.07, 6.45) is 7.81. The summed E-state index contributed by atoms with van der Waals surface area (Å²) in [6, 6.07) is 1.78. The first-order chi connectivity index (χ1) is 8.28. The van der Waals surface area contributed by atoms with Crippen LogP contribution in [0.1, 0.15) is 26.2 Å². The van der Waals surface area contributed by atoms with Crippen molar-refractivity contribution in [2.45, 2.75) is 30.9 Å². The summed E-state index contributed by atoms with van der Waals surface area (Å²) in [5.41, 5.74) is 0. The zero-order chi connectivity index (χ0) is 12.1. The third kappa shape index (κ3) is 3.03. The highest BCUT2D eigenvalue weighted by Gasteiger charge is 2.35. The summed E-state index contributed by atoms with van der Waals surface area (Å²) < 4.78 is 5.74. The van der Waals surface area contributed by atoms with Crippen molar-refractivity contribution in [1.29, 1.82) is 0 Å². The van der Waals surface area contributed by atoms with Gasteiger partial charge in [-0.05, 0) is 26.0 Å². The second-order valence-electron chi connectivity index (χ2n) is 4.25. The van der Waals surface area contributed by atoms with Gasteiger partial charge in [0.05, 0.1) is 6.61 Å². The van der Waals surface area contributed by atoms with Crippen LogP contribution in [0.4, 0.5) is 5.95 Å². The number of anilines is 1. The first-order valence-electron chi connectivity index (χ1n) is 6.03. The Morgan fingerprint density at radius 3 is 2.94 bits per heavy atom. The fraction of sp³-hybridized carbons (Fsp3) is 0.667. The van der Waals surface area contributed by atoms with E-state index in [2.05, 4.69) is 21.5 Å². The molecule has 4 nitrogen and oxygen atoms in total. The Kier molecular flexibility index (Phi) is 4.10. The zero-order valence-corrected chi connectivity index (χ0v) is 11.2. The van der Waals surface area contributed by atoms with E-state index < -0.39 is 0 Å². The fourth-order valence-electron chi connectivity index (χ4n) is 1.92. The Morgan fingerprint density at radius 2 is 2.35 bits per heavy atom. The largest absolute Gasteiger partial charge is 0.478 e. The molecule has 0 amide bonds. The summed E-state index contributed by atoms with van der Waals surface area (Å²) in [7, 11) is 0. The first kappa shape index (κ1) is 12.5. The van der Waals surface area contributed by atoms with Gasteiger partial charge >= 0.3 is 0 Å². The summed E-state index contributed by atoms with van der Waals surface area (Å²) in [5, 5.41) is 3.31. The number of ether oxygens (including phenoxy) is 1. The lowest BCUT2D eigenvalue weighted by Crippen LogP contribution is -2.40. The van der Waals surface area contributed by atoms with Crippen LogP contribution < -0.4 is 10.1 Å². The van der Waals surface area contributed by atoms with Crippen molar-refractivity contribution in [3.63, 3.8) is 0 Å². The molecule has 17 heavy (non-hydrogen) atoms. The highest BCUT2D eigenvalue weighted by molar-refractivity contribution is 8.00. The summed E-state index contributed by atoms with van der Waals surface area (Å²) in [6.45, 7) is 3.52. The maximum absolute atomic E-state index is 5.35. The van der Waals surface area contributed by atoms with Gasteiger partial charge in [0.2, 0.25) is 11.8 Å². The Labute approximate surface area is 107 Å². The number of nitrogens with one attached hydrogen (secondary N) is 1. The Bertz CT molecular complexity index is 363. The number of nitrogens with zero attached hydrogens (tertiary/aromatic N) is 2. The molecule has 1 fully saturated rings. The summed E-state index contributed by atoms with van der Waals surface area (Å²) >= 11 is 1.94. The van der Waals surface area contributed by atoms with E-state index in [-0.39, 0.29) is 0 Å². The normalized spacial score (nSPS) is 17.3. The quantitative estimate of drug-likeness (QED) is 0.844. The first-order valence-corrected chi connectivity index (χ1v) is 7.25. The van der Waals surface area contributed by atoms with Crippen LogP contribution in [0.5, 0.6) is 5.88 Å². The SMILES string of the molecule is CCOc1ccnc(NCC2(SC)CCC2)n1. The Morgan fingerprint density at radius 1 is 1.53 bits per heavy atom. The maximum atomic E-state index is 5.35. The number of thioether (sulfide) groups is 1. The average molecular weight is 253 g/mol. The molecule has 0 bridgehead atoms. The highest BCUT2D eigenvalue weighted by Crippen LogP contribution is 2.42. The van der Waals surface area contributed by atoms with Crippen LogP contribution in [0.25, 0.3) is 0 Å². The van der Waals surface area contributed by atoms with E-state index in [4.69, 9.17) is 4.74 Å². The topological polar surface area (TPSA) is 47.0 Å². The monoisotopic (exact) mass is 253 g/mol. The molecule has 0 aliphatic heterocycles. The molecule has 0 unspecified atom stereocenters. The zero-order valence-electron chi connectivity index (χ0n) is 10.4. The van der Waals surface area contributed by atoms with E-state index in [9.17, 15) is 0 Å². The summed E-state index contributed by atoms with van der Waals surface area (Å²) in [5.74, 6) is 1.30. The smallest absolute Gasteiger partial charge is 0.225 e. The van der Waals surface area contributed by atoms with E-state index in [1.165, 1.54) is 19.3 Å². The number of rotatable bonds is 6. The molecule has 0 radical (unpaired) electrons. The summed E-state index contributed by atoms with van der Waals surface area (Å²) in [4.78, 5) is 8.51. The minimum absolute atomic E-state index is 0.394. The second kappa shape index (κ2) is 5.58. The van der Waals surface area contributed by atoms with Gasteiger partial charge in [0, 0.05) is 23.6 Å². The minimum Gasteiger partial charge on any atom is -0.478 e. The van der Waals surface area contributed by atoms with Crippen LogP contribution in [-0.2, 0) is 0 Å². The molecule has 0 aromatic carbocycles. The molecule has 94 valence electrons. The Balaban J connectivity index is 1.92. The Hall–Kier alpha value is -0.970. The second-order valence-corrected chi connectivity index (χ2v) is 5.52. The molecule has 0 spiro atoms. The molecule has 1 aromatic rings. The molecule has 0 atom stereocenters. The van der Waals surface area contributed by atoms with Gasteiger partial charge < -0.3 is 10.1 Å². The van der Waals surface area contributed by atoms with Crippen molar-refractivity contribution >= 4 is 17.7 Å². The molecular weight excluding hydrogens is 234 g/mol. The van der Waals surface area contributed by atoms with E-state index in [0.717, 1.165) is 6.54 Å². The minimum atomic E-state index is 0.394. The maximum Gasteiger partial charge on any atom is 0.225 e. The van der Waals surface area contributed by atoms with Crippen LogP contribution in [0.15, 0.2) is 12.3 Å². The molecule has 1 aromatic heterocycles. The van der Waals surface area contributed by atoms with Gasteiger partial charge in [-0.25, -0.2) is 4.98 Å². The predicted molar refractivity (Wildman–Crippen MR) is 71.8 cm³/mol. The number of hydrogen-bond acceptors (Lipinski definition) is 5. The fourth-order valence-corrected chi connectivity index (χ4v) is 2.83. The van der Waals surface area contributed by atoms with Gasteiger partial charge in [0.25, 0.3) is 0 Å². The van der Waals surface area contributed by atoms with Gasteiger partial charge in [-0.2, -0.15) is 16.7 Å². The lowest BCUT2D eigenvalue weighted by Gasteiger charge is -2.40. The van der Waals surface area contributed by atoms with Crippen molar-refractivity contribution in [2.75, 3.05) is 24.7 Å². The van der Waals surface area contributed by atoms with Crippen LogP contribution in [-0.4, -0.2) is 34.1 Å². The average Bonchev–Trinajstić information content (AvgIpc) is 2.29. The van der Waals surface area contributed by atoms with Gasteiger partial charge in [-0.3, -0.25) is 0 Å². The lowest BCUT2D eigenvalue weighted by molar-refractivity contribution is 0.326. The molecular formula is C12H19N3OS. The van der Waals surface area contributed by atoms with Crippen molar-refractivity contribution < 1.29 is 4.74 Å². The number of aromatic nitrogens is 2. The molecule has 0 saturated heterocycles. The predicted octanol–water partition coefficient (Wildman–Crippen LogP) is 2.57. The molecule has 1 N–H and O–H groups in total. The van der Waals surface area contributed by atoms with Gasteiger partial charge in [-0.15, -0.1) is 0 Å². The molecule has 1 heterocycles. The highest BCUT2D eigenvalue weighted by atomic mass is 32.2. The van der Waals surface area contributed by atoms with E-state index in [0.29, 0.717) is 23.2 Å². The van der Waals surface area contributed by atoms with E-state index >= 15 is 0 Å². The molecule has 2 rings (SSSR count). The lowest BCUT2D eigenvalue weighted by atomic mass is 9.84. The van der Waals surface area contributed by atoms with Gasteiger partial charge in [0.15, 0.2) is 0 Å². The van der Waals surface area contributed by atoms with Gasteiger partial charge in [0.1, 0.15) is 0 Å². The van der Waals surface area contributed by atoms with Crippen LogP contribution in [0, 0.1) is 0 Å². The standard InChI is InChI=1S/C12H19N3OS/c1-3-16-10-5-8-13-11(15-10)14-9-12(17-2)6-4-7-12/h5,8H,3-4,6-7,9H2,1-2H3,(H,13,14,15). The van der Waals surface area contributed by atoms with Crippen molar-refractivity contribution in [3.8, 4) is 5.88 Å².